The Kier molecular flexibility index (Phi) is 6.82. The number of hydrogen-bond donors (Lipinski definition) is 2. The summed E-state index contributed by atoms with van der Waals surface area (Å²) in [7, 11) is 1.68. The van der Waals surface area contributed by atoms with Crippen LogP contribution in [0.2, 0.25) is 0 Å². The first-order valence-corrected chi connectivity index (χ1v) is 12.4. The van der Waals surface area contributed by atoms with Gasteiger partial charge in [0, 0.05) is 54.2 Å². The van der Waals surface area contributed by atoms with E-state index in [0.29, 0.717) is 17.9 Å². The van der Waals surface area contributed by atoms with Crippen LogP contribution in [0.5, 0.6) is 5.75 Å². The SMILES string of the molecule is COc1ccc(-c2cccc3cnc(Nc4ccc(N5CCNCC5CC(C)C)cc4)nc23)cc1. The summed E-state index contributed by atoms with van der Waals surface area (Å²) in [6.45, 7) is 7.69. The van der Waals surface area contributed by atoms with E-state index >= 15 is 0 Å². The van der Waals surface area contributed by atoms with Crippen molar-refractivity contribution < 1.29 is 4.74 Å². The molecule has 1 saturated heterocycles. The van der Waals surface area contributed by atoms with E-state index < -0.39 is 0 Å². The summed E-state index contributed by atoms with van der Waals surface area (Å²) < 4.78 is 5.31. The van der Waals surface area contributed by atoms with Gasteiger partial charge >= 0.3 is 0 Å². The van der Waals surface area contributed by atoms with Crippen LogP contribution in [0, 0.1) is 5.92 Å². The number of aromatic nitrogens is 2. The first-order chi connectivity index (χ1) is 17.1. The Morgan fingerprint density at radius 3 is 2.60 bits per heavy atom. The first-order valence-electron chi connectivity index (χ1n) is 12.4. The van der Waals surface area contributed by atoms with Gasteiger partial charge in [-0.25, -0.2) is 9.97 Å². The van der Waals surface area contributed by atoms with Gasteiger partial charge in [0.05, 0.1) is 12.6 Å². The maximum absolute atomic E-state index is 5.31. The zero-order valence-corrected chi connectivity index (χ0v) is 20.7. The average Bonchev–Trinajstić information content (AvgIpc) is 2.89. The van der Waals surface area contributed by atoms with E-state index in [1.165, 1.54) is 12.1 Å². The standard InChI is InChI=1S/C29H33N5O/c1-20(2)17-25-19-30-15-16-34(25)24-11-9-23(10-12-24)32-29-31-18-22-5-4-6-27(28(22)33-29)21-7-13-26(35-3)14-8-21/h4-14,18,20,25,30H,15-17,19H2,1-3H3,(H,31,32,33). The number of anilines is 3. The molecule has 0 spiro atoms. The summed E-state index contributed by atoms with van der Waals surface area (Å²) in [4.78, 5) is 12.0. The average molecular weight is 468 g/mol. The summed E-state index contributed by atoms with van der Waals surface area (Å²) in [5, 5.41) is 7.95. The molecule has 0 radical (unpaired) electrons. The molecule has 3 aromatic carbocycles. The molecule has 1 fully saturated rings. The molecule has 5 rings (SSSR count). The van der Waals surface area contributed by atoms with Crippen molar-refractivity contribution in [3.8, 4) is 16.9 Å². The highest BCUT2D eigenvalue weighted by Gasteiger charge is 2.23. The second kappa shape index (κ2) is 10.3. The maximum Gasteiger partial charge on any atom is 0.227 e. The molecule has 6 heteroatoms. The Labute approximate surface area is 207 Å². The second-order valence-corrected chi connectivity index (χ2v) is 9.52. The van der Waals surface area contributed by atoms with Crippen LogP contribution < -0.4 is 20.3 Å². The van der Waals surface area contributed by atoms with E-state index in [4.69, 9.17) is 9.72 Å². The minimum absolute atomic E-state index is 0.530. The fourth-order valence-corrected chi connectivity index (χ4v) is 4.84. The van der Waals surface area contributed by atoms with Crippen LogP contribution in [0.25, 0.3) is 22.0 Å². The van der Waals surface area contributed by atoms with E-state index in [1.54, 1.807) is 7.11 Å². The van der Waals surface area contributed by atoms with Gasteiger partial charge < -0.3 is 20.3 Å². The number of nitrogens with one attached hydrogen (secondary N) is 2. The molecule has 2 heterocycles. The van der Waals surface area contributed by atoms with Crippen LogP contribution in [-0.2, 0) is 0 Å². The van der Waals surface area contributed by atoms with Crippen molar-refractivity contribution in [2.45, 2.75) is 26.3 Å². The lowest BCUT2D eigenvalue weighted by molar-refractivity contribution is 0.407. The Balaban J connectivity index is 1.37. The number of ether oxygens (including phenoxy) is 1. The van der Waals surface area contributed by atoms with Gasteiger partial charge in [-0.05, 0) is 54.3 Å². The van der Waals surface area contributed by atoms with Gasteiger partial charge in [-0.2, -0.15) is 0 Å². The van der Waals surface area contributed by atoms with Crippen molar-refractivity contribution in [2.24, 2.45) is 5.92 Å². The highest BCUT2D eigenvalue weighted by molar-refractivity contribution is 5.94. The Bertz CT molecular complexity index is 1270. The van der Waals surface area contributed by atoms with Crippen LogP contribution in [0.15, 0.2) is 72.9 Å². The third-order valence-corrected chi connectivity index (χ3v) is 6.56. The third kappa shape index (κ3) is 5.23. The van der Waals surface area contributed by atoms with Gasteiger partial charge in [-0.3, -0.25) is 0 Å². The molecule has 0 aliphatic carbocycles. The molecule has 0 amide bonds. The molecule has 4 aromatic rings. The summed E-state index contributed by atoms with van der Waals surface area (Å²) >= 11 is 0. The van der Waals surface area contributed by atoms with Gasteiger partial charge in [0.2, 0.25) is 5.95 Å². The van der Waals surface area contributed by atoms with E-state index in [0.717, 1.165) is 53.1 Å². The van der Waals surface area contributed by atoms with Crippen LogP contribution in [0.3, 0.4) is 0 Å². The fraction of sp³-hybridized carbons (Fsp3) is 0.310. The first kappa shape index (κ1) is 23.1. The lowest BCUT2D eigenvalue weighted by Crippen LogP contribution is -2.51. The molecule has 1 aliphatic rings. The smallest absolute Gasteiger partial charge is 0.227 e. The van der Waals surface area contributed by atoms with Gasteiger partial charge in [0.15, 0.2) is 0 Å². The predicted molar refractivity (Wildman–Crippen MR) is 145 cm³/mol. The Hall–Kier alpha value is -3.64. The number of nitrogens with zero attached hydrogens (tertiary/aromatic N) is 3. The predicted octanol–water partition coefficient (Wildman–Crippen LogP) is 5.87. The van der Waals surface area contributed by atoms with E-state index in [9.17, 15) is 0 Å². The molecule has 1 aromatic heterocycles. The van der Waals surface area contributed by atoms with Crippen molar-refractivity contribution >= 4 is 28.2 Å². The quantitative estimate of drug-likeness (QED) is 0.354. The van der Waals surface area contributed by atoms with Crippen molar-refractivity contribution in [2.75, 3.05) is 37.0 Å². The van der Waals surface area contributed by atoms with Gasteiger partial charge in [0.1, 0.15) is 5.75 Å². The van der Waals surface area contributed by atoms with Crippen molar-refractivity contribution in [3.05, 3.63) is 72.9 Å². The molecule has 2 N–H and O–H groups in total. The van der Waals surface area contributed by atoms with Crippen LogP contribution in [0.1, 0.15) is 20.3 Å². The molecular formula is C29H33N5O. The number of fused-ring (bicyclic) bond motifs is 1. The molecule has 1 atom stereocenters. The molecular weight excluding hydrogens is 434 g/mol. The number of piperazine rings is 1. The Morgan fingerprint density at radius 2 is 1.86 bits per heavy atom. The molecule has 1 aliphatic heterocycles. The van der Waals surface area contributed by atoms with Crippen molar-refractivity contribution in [1.29, 1.82) is 0 Å². The van der Waals surface area contributed by atoms with E-state index in [2.05, 4.69) is 76.8 Å². The number of benzene rings is 3. The molecule has 180 valence electrons. The van der Waals surface area contributed by atoms with Crippen LogP contribution >= 0.6 is 0 Å². The van der Waals surface area contributed by atoms with E-state index in [-0.39, 0.29) is 0 Å². The lowest BCUT2D eigenvalue weighted by Gasteiger charge is -2.39. The second-order valence-electron chi connectivity index (χ2n) is 9.52. The highest BCUT2D eigenvalue weighted by Crippen LogP contribution is 2.30. The minimum Gasteiger partial charge on any atom is -0.497 e. The summed E-state index contributed by atoms with van der Waals surface area (Å²) in [5.41, 5.74) is 5.33. The third-order valence-electron chi connectivity index (χ3n) is 6.56. The number of hydrogen-bond acceptors (Lipinski definition) is 6. The van der Waals surface area contributed by atoms with Gasteiger partial charge in [-0.15, -0.1) is 0 Å². The topological polar surface area (TPSA) is 62.3 Å². The lowest BCUT2D eigenvalue weighted by atomic mass is 10.00. The number of methoxy groups -OCH3 is 1. The summed E-state index contributed by atoms with van der Waals surface area (Å²) in [6.07, 6.45) is 3.07. The number of para-hydroxylation sites is 1. The zero-order chi connectivity index (χ0) is 24.2. The Morgan fingerprint density at radius 1 is 1.06 bits per heavy atom. The summed E-state index contributed by atoms with van der Waals surface area (Å²) in [6, 6.07) is 23.4. The zero-order valence-electron chi connectivity index (χ0n) is 20.7. The van der Waals surface area contributed by atoms with Crippen LogP contribution in [0.4, 0.5) is 17.3 Å². The summed E-state index contributed by atoms with van der Waals surface area (Å²) in [5.74, 6) is 2.10. The molecule has 35 heavy (non-hydrogen) atoms. The van der Waals surface area contributed by atoms with Gasteiger partial charge in [-0.1, -0.05) is 44.2 Å². The monoisotopic (exact) mass is 467 g/mol. The fourth-order valence-electron chi connectivity index (χ4n) is 4.84. The highest BCUT2D eigenvalue weighted by atomic mass is 16.5. The largest absolute Gasteiger partial charge is 0.497 e. The molecule has 1 unspecified atom stereocenters. The normalized spacial score (nSPS) is 16.0. The molecule has 0 saturated carbocycles. The van der Waals surface area contributed by atoms with Crippen molar-refractivity contribution in [1.82, 2.24) is 15.3 Å². The minimum atomic E-state index is 0.530. The van der Waals surface area contributed by atoms with Gasteiger partial charge in [0.25, 0.3) is 0 Å². The van der Waals surface area contributed by atoms with Crippen LogP contribution in [-0.4, -0.2) is 42.8 Å². The molecule has 0 bridgehead atoms. The molecule has 6 nitrogen and oxygen atoms in total. The maximum atomic E-state index is 5.31. The number of rotatable bonds is 7. The van der Waals surface area contributed by atoms with E-state index in [1.807, 2.05) is 30.5 Å². The van der Waals surface area contributed by atoms with Crippen molar-refractivity contribution in [3.63, 3.8) is 0 Å².